The number of hydrogen-bond donors (Lipinski definition) is 0. The minimum Gasteiger partial charge on any atom is -0.462 e. The lowest BCUT2D eigenvalue weighted by Crippen LogP contribution is -2.64. The third-order valence-electron chi connectivity index (χ3n) is 16.7. The Bertz CT molecular complexity index is 1400. The van der Waals surface area contributed by atoms with Gasteiger partial charge in [0, 0.05) is 27.7 Å². The SMILES string of the molecule is CC(=O)OCC(OC(C)=O)C(OC(C)=O)C(CCC(C)C1CCC2(C)C1CCC1(C)C2CCC2C3(C)CCC(C)C(C)(C)C3C=CC21C)OC(C)=O. The van der Waals surface area contributed by atoms with Crippen LogP contribution >= 0.6 is 0 Å². The van der Waals surface area contributed by atoms with Crippen LogP contribution in [-0.2, 0) is 38.1 Å². The van der Waals surface area contributed by atoms with Crippen LogP contribution in [-0.4, -0.2) is 48.8 Å². The van der Waals surface area contributed by atoms with Crippen molar-refractivity contribution in [1.82, 2.24) is 0 Å². The zero-order valence-electron chi connectivity index (χ0n) is 34.5. The highest BCUT2D eigenvalue weighted by Crippen LogP contribution is 2.77. The van der Waals surface area contributed by atoms with Crippen LogP contribution in [0.5, 0.6) is 0 Å². The minimum atomic E-state index is -1.11. The van der Waals surface area contributed by atoms with Gasteiger partial charge in [-0.05, 0) is 133 Å². The molecule has 4 saturated carbocycles. The van der Waals surface area contributed by atoms with Gasteiger partial charge in [-0.2, -0.15) is 0 Å². The summed E-state index contributed by atoms with van der Waals surface area (Å²) in [5.74, 6) is 1.98. The summed E-state index contributed by atoms with van der Waals surface area (Å²) in [5.41, 5.74) is 1.36. The summed E-state index contributed by atoms with van der Waals surface area (Å²) in [4.78, 5) is 48.4. The Morgan fingerprint density at radius 1 is 0.692 bits per heavy atom. The van der Waals surface area contributed by atoms with E-state index in [0.29, 0.717) is 52.8 Å². The van der Waals surface area contributed by atoms with E-state index >= 15 is 0 Å². The molecule has 4 fully saturated rings. The van der Waals surface area contributed by atoms with E-state index in [-0.39, 0.29) is 22.9 Å². The quantitative estimate of drug-likeness (QED) is 0.118. The molecule has 8 nitrogen and oxygen atoms in total. The smallest absolute Gasteiger partial charge is 0.303 e. The second-order valence-corrected chi connectivity index (χ2v) is 19.6. The lowest BCUT2D eigenvalue weighted by atomic mass is 9.33. The monoisotopic (exact) mass is 727 g/mol. The van der Waals surface area contributed by atoms with Crippen LogP contribution in [0.2, 0.25) is 0 Å². The maximum absolute atomic E-state index is 12.4. The third-order valence-corrected chi connectivity index (χ3v) is 16.7. The van der Waals surface area contributed by atoms with Crippen LogP contribution in [0.1, 0.15) is 147 Å². The fourth-order valence-electron chi connectivity index (χ4n) is 13.7. The first kappa shape index (κ1) is 40.8. The average molecular weight is 727 g/mol. The standard InChI is InChI=1S/C44H70O8/c1-26(13-14-34(50-29(4)46)39(52-31(6)48)35(51-30(5)47)25-49-28(3)45)32-18-22-41(9)33(32)19-23-43(11)37(41)15-16-38-42(10)21-17-27(2)40(7,8)36(42)20-24-44(38,43)12/h20,24,26-27,32-39H,13-19,21-23,25H2,1-12H3. The van der Waals surface area contributed by atoms with Crippen molar-refractivity contribution < 1.29 is 38.1 Å². The summed E-state index contributed by atoms with van der Waals surface area (Å²) in [5, 5.41) is 0. The van der Waals surface area contributed by atoms with Crippen molar-refractivity contribution >= 4 is 23.9 Å². The molecule has 14 unspecified atom stereocenters. The van der Waals surface area contributed by atoms with Crippen LogP contribution in [0.15, 0.2) is 12.2 Å². The highest BCUT2D eigenvalue weighted by molar-refractivity contribution is 5.68. The van der Waals surface area contributed by atoms with Gasteiger partial charge in [0.15, 0.2) is 12.2 Å². The lowest BCUT2D eigenvalue weighted by molar-refractivity contribution is -0.202. The van der Waals surface area contributed by atoms with Gasteiger partial charge >= 0.3 is 23.9 Å². The fourth-order valence-corrected chi connectivity index (χ4v) is 13.7. The zero-order chi connectivity index (χ0) is 38.6. The number of carbonyl (C=O) groups excluding carboxylic acids is 4. The van der Waals surface area contributed by atoms with E-state index in [1.54, 1.807) is 0 Å². The molecule has 5 aliphatic carbocycles. The molecule has 0 amide bonds. The zero-order valence-corrected chi connectivity index (χ0v) is 34.5. The molecule has 0 aromatic carbocycles. The van der Waals surface area contributed by atoms with E-state index in [9.17, 15) is 19.2 Å². The van der Waals surface area contributed by atoms with Gasteiger partial charge in [0.25, 0.3) is 0 Å². The van der Waals surface area contributed by atoms with Gasteiger partial charge in [0.05, 0.1) is 0 Å². The first-order valence-electron chi connectivity index (χ1n) is 20.5. The van der Waals surface area contributed by atoms with E-state index in [2.05, 4.69) is 67.5 Å². The van der Waals surface area contributed by atoms with Crippen LogP contribution in [0, 0.1) is 68.5 Å². The number of ether oxygens (including phenoxy) is 4. The number of esters is 4. The summed E-state index contributed by atoms with van der Waals surface area (Å²) < 4.78 is 22.1. The molecular formula is C44H70O8. The third kappa shape index (κ3) is 7.00. The molecule has 0 spiro atoms. The minimum absolute atomic E-state index is 0.184. The van der Waals surface area contributed by atoms with Gasteiger partial charge in [-0.15, -0.1) is 0 Å². The van der Waals surface area contributed by atoms with Gasteiger partial charge in [-0.3, -0.25) is 19.2 Å². The molecule has 0 aromatic heterocycles. The van der Waals surface area contributed by atoms with Gasteiger partial charge < -0.3 is 18.9 Å². The Kier molecular flexibility index (Phi) is 11.5. The Hall–Kier alpha value is -2.38. The summed E-state index contributed by atoms with van der Waals surface area (Å²) in [6.07, 6.45) is 13.7. The highest BCUT2D eigenvalue weighted by atomic mass is 16.6. The molecule has 0 bridgehead atoms. The van der Waals surface area contributed by atoms with Crippen molar-refractivity contribution in [1.29, 1.82) is 0 Å². The average Bonchev–Trinajstić information content (AvgIpc) is 3.39. The molecule has 5 rings (SSSR count). The molecule has 0 saturated heterocycles. The van der Waals surface area contributed by atoms with Crippen molar-refractivity contribution in [2.75, 3.05) is 6.61 Å². The number of rotatable bonds is 11. The number of allylic oxidation sites excluding steroid dienone is 2. The maximum Gasteiger partial charge on any atom is 0.303 e. The van der Waals surface area contributed by atoms with Crippen LogP contribution < -0.4 is 0 Å². The Morgan fingerprint density at radius 2 is 1.29 bits per heavy atom. The molecule has 0 radical (unpaired) electrons. The molecule has 294 valence electrons. The summed E-state index contributed by atoms with van der Waals surface area (Å²) >= 11 is 0. The molecule has 0 heterocycles. The Morgan fingerprint density at radius 3 is 1.90 bits per heavy atom. The van der Waals surface area contributed by atoms with Gasteiger partial charge in [0.2, 0.25) is 0 Å². The number of carbonyl (C=O) groups is 4. The summed E-state index contributed by atoms with van der Waals surface area (Å²) in [7, 11) is 0. The molecule has 52 heavy (non-hydrogen) atoms. The van der Waals surface area contributed by atoms with E-state index in [1.165, 1.54) is 79.1 Å². The molecule has 0 aromatic rings. The maximum atomic E-state index is 12.4. The summed E-state index contributed by atoms with van der Waals surface area (Å²) in [6, 6.07) is 0. The molecule has 14 atom stereocenters. The molecule has 0 aliphatic heterocycles. The van der Waals surface area contributed by atoms with Gasteiger partial charge in [0.1, 0.15) is 12.7 Å². The van der Waals surface area contributed by atoms with Crippen molar-refractivity contribution in [3.05, 3.63) is 12.2 Å². The second kappa shape index (κ2) is 14.7. The topological polar surface area (TPSA) is 105 Å². The van der Waals surface area contributed by atoms with Crippen LogP contribution in [0.25, 0.3) is 0 Å². The number of hydrogen-bond acceptors (Lipinski definition) is 8. The van der Waals surface area contributed by atoms with Crippen molar-refractivity contribution in [3.8, 4) is 0 Å². The predicted octanol–water partition coefficient (Wildman–Crippen LogP) is 9.27. The van der Waals surface area contributed by atoms with Crippen molar-refractivity contribution in [2.45, 2.75) is 166 Å². The molecular weight excluding hydrogens is 656 g/mol. The van der Waals surface area contributed by atoms with Crippen molar-refractivity contribution in [3.63, 3.8) is 0 Å². The van der Waals surface area contributed by atoms with Gasteiger partial charge in [-0.25, -0.2) is 0 Å². The van der Waals surface area contributed by atoms with Crippen LogP contribution in [0.4, 0.5) is 0 Å². The number of fused-ring (bicyclic) bond motifs is 7. The normalized spacial score (nSPS) is 41.1. The Balaban J connectivity index is 1.35. The lowest BCUT2D eigenvalue weighted by Gasteiger charge is -2.71. The van der Waals surface area contributed by atoms with E-state index in [4.69, 9.17) is 18.9 Å². The highest BCUT2D eigenvalue weighted by Gasteiger charge is 2.69. The van der Waals surface area contributed by atoms with E-state index in [1.807, 2.05) is 0 Å². The van der Waals surface area contributed by atoms with Crippen LogP contribution in [0.3, 0.4) is 0 Å². The summed E-state index contributed by atoms with van der Waals surface area (Å²) in [6.45, 7) is 25.2. The molecule has 0 N–H and O–H groups in total. The van der Waals surface area contributed by atoms with E-state index in [0.717, 1.165) is 12.3 Å². The molecule has 8 heteroatoms. The Labute approximate surface area is 314 Å². The first-order valence-corrected chi connectivity index (χ1v) is 20.5. The predicted molar refractivity (Wildman–Crippen MR) is 201 cm³/mol. The first-order chi connectivity index (χ1) is 24.1. The van der Waals surface area contributed by atoms with Gasteiger partial charge in [-0.1, -0.05) is 67.5 Å². The van der Waals surface area contributed by atoms with E-state index < -0.39 is 42.2 Å². The second-order valence-electron chi connectivity index (χ2n) is 19.6. The largest absolute Gasteiger partial charge is 0.462 e. The fraction of sp³-hybridized carbons (Fsp3) is 0.864. The molecule has 5 aliphatic rings. The van der Waals surface area contributed by atoms with Crippen molar-refractivity contribution in [2.24, 2.45) is 68.5 Å².